The van der Waals surface area contributed by atoms with Crippen LogP contribution in [0.5, 0.6) is 0 Å². The number of nitrogens with one attached hydrogen (secondary N) is 1. The van der Waals surface area contributed by atoms with Gasteiger partial charge in [0.25, 0.3) is 5.91 Å². The van der Waals surface area contributed by atoms with Crippen LogP contribution in [0.3, 0.4) is 0 Å². The SMILES string of the molecule is CCS(=O)(=O)c1ccc([C@H](CO)NC(=O)c2ccn3c(C4CC4)c(Cc4ccc(Cl)cc4C(F)(F)F)nc3c2)cc1. The van der Waals surface area contributed by atoms with Crippen LogP contribution in [-0.4, -0.2) is 41.2 Å². The van der Waals surface area contributed by atoms with E-state index in [2.05, 4.69) is 10.3 Å². The van der Waals surface area contributed by atoms with E-state index in [0.29, 0.717) is 16.9 Å². The minimum atomic E-state index is -4.57. The maximum atomic E-state index is 13.7. The summed E-state index contributed by atoms with van der Waals surface area (Å²) in [5.41, 5.74) is 1.79. The summed E-state index contributed by atoms with van der Waals surface area (Å²) in [6.07, 6.45) is -1.15. The van der Waals surface area contributed by atoms with Gasteiger partial charge in [-0.25, -0.2) is 13.4 Å². The van der Waals surface area contributed by atoms with Crippen LogP contribution in [-0.2, 0) is 22.4 Å². The average Bonchev–Trinajstić information content (AvgIpc) is 3.72. The zero-order chi connectivity index (χ0) is 29.5. The summed E-state index contributed by atoms with van der Waals surface area (Å²) in [5.74, 6) is -0.373. The predicted octanol–water partition coefficient (Wildman–Crippen LogP) is 5.73. The molecule has 1 atom stereocenters. The number of amides is 1. The molecule has 7 nitrogen and oxygen atoms in total. The first-order valence-electron chi connectivity index (χ1n) is 13.0. The summed E-state index contributed by atoms with van der Waals surface area (Å²) in [6, 6.07) is 12.0. The second kappa shape index (κ2) is 11.1. The number of aromatic nitrogens is 2. The lowest BCUT2D eigenvalue weighted by Crippen LogP contribution is -2.30. The Hall–Kier alpha value is -3.41. The van der Waals surface area contributed by atoms with Crippen molar-refractivity contribution >= 4 is 33.0 Å². The van der Waals surface area contributed by atoms with Gasteiger partial charge in [0, 0.05) is 34.8 Å². The molecule has 216 valence electrons. The summed E-state index contributed by atoms with van der Waals surface area (Å²) >= 11 is 5.85. The van der Waals surface area contributed by atoms with E-state index in [9.17, 15) is 31.5 Å². The van der Waals surface area contributed by atoms with E-state index in [1.807, 2.05) is 4.40 Å². The van der Waals surface area contributed by atoms with E-state index in [-0.39, 0.29) is 39.1 Å². The molecule has 5 rings (SSSR count). The fourth-order valence-corrected chi connectivity index (χ4v) is 5.93. The Labute approximate surface area is 239 Å². The molecule has 0 saturated heterocycles. The lowest BCUT2D eigenvalue weighted by molar-refractivity contribution is -0.138. The van der Waals surface area contributed by atoms with Gasteiger partial charge in [-0.3, -0.25) is 4.79 Å². The Morgan fingerprint density at radius 3 is 2.46 bits per heavy atom. The Morgan fingerprint density at radius 2 is 1.85 bits per heavy atom. The summed E-state index contributed by atoms with van der Waals surface area (Å²) in [7, 11) is -3.39. The number of benzene rings is 2. The number of carbonyl (C=O) groups excluding carboxylic acids is 1. The number of nitrogens with zero attached hydrogens (tertiary/aromatic N) is 2. The predicted molar refractivity (Wildman–Crippen MR) is 148 cm³/mol. The molecule has 2 N–H and O–H groups in total. The number of rotatable bonds is 9. The molecule has 4 aromatic rings. The van der Waals surface area contributed by atoms with Crippen molar-refractivity contribution in [3.05, 3.63) is 99.5 Å². The van der Waals surface area contributed by atoms with Gasteiger partial charge in [0.15, 0.2) is 9.84 Å². The molecule has 2 aromatic heterocycles. The van der Waals surface area contributed by atoms with Gasteiger partial charge in [0.05, 0.1) is 34.6 Å². The number of pyridine rings is 1. The van der Waals surface area contributed by atoms with Crippen molar-refractivity contribution in [2.45, 2.75) is 49.2 Å². The molecule has 0 radical (unpaired) electrons. The Bertz CT molecular complexity index is 1720. The first kappa shape index (κ1) is 29.1. The van der Waals surface area contributed by atoms with Crippen LogP contribution < -0.4 is 5.32 Å². The van der Waals surface area contributed by atoms with Crippen molar-refractivity contribution in [2.24, 2.45) is 0 Å². The molecule has 12 heteroatoms. The number of carbonyl (C=O) groups is 1. The zero-order valence-electron chi connectivity index (χ0n) is 22.0. The third kappa shape index (κ3) is 6.12. The Morgan fingerprint density at radius 1 is 1.15 bits per heavy atom. The molecule has 1 fully saturated rings. The van der Waals surface area contributed by atoms with Crippen LogP contribution in [0.15, 0.2) is 65.7 Å². The Balaban J connectivity index is 1.42. The van der Waals surface area contributed by atoms with Crippen LogP contribution in [0.25, 0.3) is 5.65 Å². The molecule has 2 heterocycles. The van der Waals surface area contributed by atoms with E-state index in [0.717, 1.165) is 24.6 Å². The topological polar surface area (TPSA) is 101 Å². The molecule has 41 heavy (non-hydrogen) atoms. The first-order chi connectivity index (χ1) is 19.4. The van der Waals surface area contributed by atoms with Gasteiger partial charge in [0.1, 0.15) is 5.65 Å². The number of hydrogen-bond donors (Lipinski definition) is 2. The van der Waals surface area contributed by atoms with Gasteiger partial charge < -0.3 is 14.8 Å². The Kier molecular flexibility index (Phi) is 7.88. The van der Waals surface area contributed by atoms with Crippen LogP contribution in [0.1, 0.15) is 70.2 Å². The summed E-state index contributed by atoms with van der Waals surface area (Å²) in [5, 5.41) is 12.7. The molecular weight excluding hydrogens is 579 g/mol. The quantitative estimate of drug-likeness (QED) is 0.254. The lowest BCUT2D eigenvalue weighted by atomic mass is 10.0. The van der Waals surface area contributed by atoms with Gasteiger partial charge in [-0.05, 0) is 60.4 Å². The number of imidazole rings is 1. The summed E-state index contributed by atoms with van der Waals surface area (Å²) in [6.45, 7) is 1.13. The molecule has 1 saturated carbocycles. The molecule has 1 aliphatic carbocycles. The standard InChI is InChI=1S/C29H27ClF3N3O4S/c1-2-41(39,40)22-9-6-17(7-10-22)25(16-37)35-28(38)20-11-12-36-26(14-20)34-24(27(36)18-3-4-18)13-19-5-8-21(30)15-23(19)29(31,32)33/h5-12,14-15,18,25,37H,2-4,13,16H2,1H3,(H,35,38)/t25-/m0/s1. The lowest BCUT2D eigenvalue weighted by Gasteiger charge is -2.17. The normalized spacial score (nSPS) is 14.8. The van der Waals surface area contributed by atoms with Crippen molar-refractivity contribution in [2.75, 3.05) is 12.4 Å². The van der Waals surface area contributed by atoms with E-state index in [4.69, 9.17) is 11.6 Å². The van der Waals surface area contributed by atoms with Crippen LogP contribution in [0, 0.1) is 0 Å². The van der Waals surface area contributed by atoms with Crippen molar-refractivity contribution in [3.63, 3.8) is 0 Å². The fourth-order valence-electron chi connectivity index (χ4n) is 4.87. The number of halogens is 4. The molecule has 0 bridgehead atoms. The molecule has 1 aliphatic rings. The van der Waals surface area contributed by atoms with Crippen molar-refractivity contribution in [1.29, 1.82) is 0 Å². The zero-order valence-corrected chi connectivity index (χ0v) is 23.5. The van der Waals surface area contributed by atoms with Gasteiger partial charge in [-0.2, -0.15) is 13.2 Å². The van der Waals surface area contributed by atoms with Gasteiger partial charge in [0.2, 0.25) is 0 Å². The highest BCUT2D eigenvalue weighted by atomic mass is 35.5. The number of sulfone groups is 1. The summed E-state index contributed by atoms with van der Waals surface area (Å²) in [4.78, 5) is 17.9. The smallest absolute Gasteiger partial charge is 0.394 e. The van der Waals surface area contributed by atoms with E-state index in [1.165, 1.54) is 24.3 Å². The number of fused-ring (bicyclic) bond motifs is 1. The highest BCUT2D eigenvalue weighted by Crippen LogP contribution is 2.43. The largest absolute Gasteiger partial charge is 0.416 e. The van der Waals surface area contributed by atoms with E-state index < -0.39 is 40.1 Å². The monoisotopic (exact) mass is 605 g/mol. The molecule has 2 aromatic carbocycles. The molecular formula is C29H27ClF3N3O4S. The van der Waals surface area contributed by atoms with Crippen molar-refractivity contribution in [3.8, 4) is 0 Å². The van der Waals surface area contributed by atoms with Gasteiger partial charge in [-0.15, -0.1) is 0 Å². The number of alkyl halides is 3. The number of hydrogen-bond acceptors (Lipinski definition) is 5. The van der Waals surface area contributed by atoms with Crippen LogP contribution >= 0.6 is 11.6 Å². The average molecular weight is 606 g/mol. The highest BCUT2D eigenvalue weighted by molar-refractivity contribution is 7.91. The van der Waals surface area contributed by atoms with Gasteiger partial charge >= 0.3 is 6.18 Å². The maximum Gasteiger partial charge on any atom is 0.416 e. The molecule has 0 aliphatic heterocycles. The molecule has 1 amide bonds. The third-order valence-corrected chi connectivity index (χ3v) is 9.20. The van der Waals surface area contributed by atoms with Crippen molar-refractivity contribution in [1.82, 2.24) is 14.7 Å². The second-order valence-electron chi connectivity index (χ2n) is 10.0. The van der Waals surface area contributed by atoms with Gasteiger partial charge in [-0.1, -0.05) is 36.7 Å². The third-order valence-electron chi connectivity index (χ3n) is 7.21. The van der Waals surface area contributed by atoms with E-state index in [1.54, 1.807) is 37.4 Å². The minimum absolute atomic E-state index is 0.00253. The first-order valence-corrected chi connectivity index (χ1v) is 15.0. The number of aliphatic hydroxyl groups is 1. The second-order valence-corrected chi connectivity index (χ2v) is 12.7. The maximum absolute atomic E-state index is 13.7. The van der Waals surface area contributed by atoms with Crippen molar-refractivity contribution < 1.29 is 31.5 Å². The fraction of sp³-hybridized carbons (Fsp3) is 0.310. The number of aliphatic hydroxyl groups excluding tert-OH is 1. The molecule has 0 unspecified atom stereocenters. The van der Waals surface area contributed by atoms with E-state index >= 15 is 0 Å². The minimum Gasteiger partial charge on any atom is -0.394 e. The summed E-state index contributed by atoms with van der Waals surface area (Å²) < 4.78 is 67.1. The molecule has 0 spiro atoms. The highest BCUT2D eigenvalue weighted by Gasteiger charge is 2.35. The van der Waals surface area contributed by atoms with Crippen LogP contribution in [0.2, 0.25) is 5.02 Å². The van der Waals surface area contributed by atoms with Crippen LogP contribution in [0.4, 0.5) is 13.2 Å².